The third-order valence-corrected chi connectivity index (χ3v) is 3.63. The van der Waals surface area contributed by atoms with Gasteiger partial charge in [0.05, 0.1) is 12.0 Å². The highest BCUT2D eigenvalue weighted by atomic mass is 16.5. The molecule has 1 heterocycles. The zero-order chi connectivity index (χ0) is 11.7. The van der Waals surface area contributed by atoms with Gasteiger partial charge in [-0.25, -0.2) is 0 Å². The third kappa shape index (κ3) is 2.26. The van der Waals surface area contributed by atoms with Gasteiger partial charge >= 0.3 is 0 Å². The summed E-state index contributed by atoms with van der Waals surface area (Å²) < 4.78 is 5.21. The number of hydrogen-bond donors (Lipinski definition) is 1. The van der Waals surface area contributed by atoms with Gasteiger partial charge in [-0.1, -0.05) is 19.0 Å². The molecule has 4 heteroatoms. The Hall–Kier alpha value is -0.900. The zero-order valence-corrected chi connectivity index (χ0v) is 10.2. The molecule has 4 atom stereocenters. The standard InChI is InChI=1S/C12H20N2O2/c1-7-4-5-10(6-7)11-13-12(16-14-11)8(2)9(3)15/h7-10,15H,4-6H2,1-3H3. The minimum Gasteiger partial charge on any atom is -0.393 e. The second-order valence-corrected chi connectivity index (χ2v) is 5.14. The van der Waals surface area contributed by atoms with Gasteiger partial charge in [-0.05, 0) is 32.1 Å². The summed E-state index contributed by atoms with van der Waals surface area (Å²) in [5.41, 5.74) is 0. The normalized spacial score (nSPS) is 29.2. The number of hydrogen-bond acceptors (Lipinski definition) is 4. The van der Waals surface area contributed by atoms with Crippen LogP contribution in [0, 0.1) is 5.92 Å². The van der Waals surface area contributed by atoms with Crippen molar-refractivity contribution in [1.29, 1.82) is 0 Å². The Kier molecular flexibility index (Phi) is 3.28. The van der Waals surface area contributed by atoms with Crippen LogP contribution in [0.1, 0.15) is 63.6 Å². The molecule has 1 saturated carbocycles. The van der Waals surface area contributed by atoms with Crippen molar-refractivity contribution in [3.63, 3.8) is 0 Å². The fourth-order valence-corrected chi connectivity index (χ4v) is 2.25. The van der Waals surface area contributed by atoms with Crippen molar-refractivity contribution < 1.29 is 9.63 Å². The highest BCUT2D eigenvalue weighted by Gasteiger charge is 2.28. The van der Waals surface area contributed by atoms with Crippen molar-refractivity contribution in [2.24, 2.45) is 5.92 Å². The minimum atomic E-state index is -0.448. The predicted molar refractivity (Wildman–Crippen MR) is 60.1 cm³/mol. The molecule has 90 valence electrons. The number of aromatic nitrogens is 2. The molecule has 1 fully saturated rings. The van der Waals surface area contributed by atoms with Crippen LogP contribution in [-0.4, -0.2) is 21.4 Å². The van der Waals surface area contributed by atoms with E-state index in [0.29, 0.717) is 11.8 Å². The van der Waals surface area contributed by atoms with Crippen LogP contribution in [0.5, 0.6) is 0 Å². The molecule has 1 N–H and O–H groups in total. The molecule has 0 aromatic carbocycles. The second kappa shape index (κ2) is 4.53. The summed E-state index contributed by atoms with van der Waals surface area (Å²) in [5.74, 6) is 2.52. The van der Waals surface area contributed by atoms with Gasteiger partial charge < -0.3 is 9.63 Å². The molecular weight excluding hydrogens is 204 g/mol. The highest BCUT2D eigenvalue weighted by molar-refractivity contribution is 5.01. The summed E-state index contributed by atoms with van der Waals surface area (Å²) in [7, 11) is 0. The average Bonchev–Trinajstić information content (AvgIpc) is 2.84. The van der Waals surface area contributed by atoms with Gasteiger partial charge in [0.15, 0.2) is 5.82 Å². The maximum Gasteiger partial charge on any atom is 0.232 e. The molecule has 0 saturated heterocycles. The van der Waals surface area contributed by atoms with Crippen LogP contribution in [-0.2, 0) is 0 Å². The van der Waals surface area contributed by atoms with E-state index >= 15 is 0 Å². The summed E-state index contributed by atoms with van der Waals surface area (Å²) in [6.45, 7) is 5.91. The Bertz CT molecular complexity index is 349. The van der Waals surface area contributed by atoms with E-state index in [1.54, 1.807) is 6.92 Å². The summed E-state index contributed by atoms with van der Waals surface area (Å²) in [6, 6.07) is 0. The van der Waals surface area contributed by atoms with Gasteiger partial charge in [0.2, 0.25) is 5.89 Å². The van der Waals surface area contributed by atoms with Crippen LogP contribution < -0.4 is 0 Å². The molecule has 0 spiro atoms. The van der Waals surface area contributed by atoms with E-state index in [9.17, 15) is 5.11 Å². The van der Waals surface area contributed by atoms with Crippen LogP contribution in [0.2, 0.25) is 0 Å². The molecule has 0 aliphatic heterocycles. The first-order valence-electron chi connectivity index (χ1n) is 6.09. The van der Waals surface area contributed by atoms with E-state index in [0.717, 1.165) is 24.6 Å². The lowest BCUT2D eigenvalue weighted by Gasteiger charge is -2.08. The molecule has 1 aliphatic rings. The number of aliphatic hydroxyl groups excluding tert-OH is 1. The third-order valence-electron chi connectivity index (χ3n) is 3.63. The fraction of sp³-hybridized carbons (Fsp3) is 0.833. The van der Waals surface area contributed by atoms with Gasteiger partial charge in [0, 0.05) is 5.92 Å². The molecule has 1 aromatic heterocycles. The van der Waals surface area contributed by atoms with Crippen LogP contribution in [0.3, 0.4) is 0 Å². The Labute approximate surface area is 96.1 Å². The molecule has 16 heavy (non-hydrogen) atoms. The molecule has 4 nitrogen and oxygen atoms in total. The number of rotatable bonds is 3. The first-order valence-corrected chi connectivity index (χ1v) is 6.09. The lowest BCUT2D eigenvalue weighted by molar-refractivity contribution is 0.151. The molecule has 0 amide bonds. The topological polar surface area (TPSA) is 59.2 Å². The molecule has 0 radical (unpaired) electrons. The number of aliphatic hydroxyl groups is 1. The summed E-state index contributed by atoms with van der Waals surface area (Å²) in [6.07, 6.45) is 3.11. The van der Waals surface area contributed by atoms with Crippen molar-refractivity contribution in [2.45, 2.75) is 58.0 Å². The fourth-order valence-electron chi connectivity index (χ4n) is 2.25. The second-order valence-electron chi connectivity index (χ2n) is 5.14. The smallest absolute Gasteiger partial charge is 0.232 e. The van der Waals surface area contributed by atoms with E-state index < -0.39 is 6.10 Å². The predicted octanol–water partition coefficient (Wildman–Crippen LogP) is 2.46. The Morgan fingerprint density at radius 2 is 2.12 bits per heavy atom. The van der Waals surface area contributed by atoms with Crippen LogP contribution in [0.25, 0.3) is 0 Å². The van der Waals surface area contributed by atoms with Gasteiger partial charge in [-0.2, -0.15) is 4.98 Å². The largest absolute Gasteiger partial charge is 0.393 e. The molecule has 4 unspecified atom stereocenters. The van der Waals surface area contributed by atoms with Crippen molar-refractivity contribution in [2.75, 3.05) is 0 Å². The van der Waals surface area contributed by atoms with E-state index in [1.807, 2.05) is 6.92 Å². The van der Waals surface area contributed by atoms with Crippen molar-refractivity contribution in [3.8, 4) is 0 Å². The van der Waals surface area contributed by atoms with Gasteiger partial charge in [0.1, 0.15) is 0 Å². The van der Waals surface area contributed by atoms with E-state index in [2.05, 4.69) is 17.1 Å². The molecule has 0 bridgehead atoms. The lowest BCUT2D eigenvalue weighted by atomic mass is 10.1. The number of nitrogens with zero attached hydrogens (tertiary/aromatic N) is 2. The monoisotopic (exact) mass is 224 g/mol. The van der Waals surface area contributed by atoms with Crippen molar-refractivity contribution in [1.82, 2.24) is 10.1 Å². The van der Waals surface area contributed by atoms with Gasteiger partial charge in [0.25, 0.3) is 0 Å². The van der Waals surface area contributed by atoms with E-state index in [1.165, 1.54) is 6.42 Å². The summed E-state index contributed by atoms with van der Waals surface area (Å²) in [4.78, 5) is 4.41. The summed E-state index contributed by atoms with van der Waals surface area (Å²) in [5, 5.41) is 13.5. The van der Waals surface area contributed by atoms with E-state index in [-0.39, 0.29) is 5.92 Å². The SMILES string of the molecule is CC1CCC(c2noc(C(C)C(C)O)n2)C1. The summed E-state index contributed by atoms with van der Waals surface area (Å²) >= 11 is 0. The van der Waals surface area contributed by atoms with Gasteiger partial charge in [-0.15, -0.1) is 0 Å². The zero-order valence-electron chi connectivity index (χ0n) is 10.2. The van der Waals surface area contributed by atoms with Gasteiger partial charge in [-0.3, -0.25) is 0 Å². The minimum absolute atomic E-state index is 0.0833. The van der Waals surface area contributed by atoms with Crippen LogP contribution >= 0.6 is 0 Å². The average molecular weight is 224 g/mol. The molecule has 1 aromatic rings. The molecule has 1 aliphatic carbocycles. The van der Waals surface area contributed by atoms with Crippen LogP contribution in [0.4, 0.5) is 0 Å². The van der Waals surface area contributed by atoms with Crippen LogP contribution in [0.15, 0.2) is 4.52 Å². The maximum absolute atomic E-state index is 9.46. The van der Waals surface area contributed by atoms with E-state index in [4.69, 9.17) is 4.52 Å². The molecule has 2 rings (SSSR count). The highest BCUT2D eigenvalue weighted by Crippen LogP contribution is 2.36. The first kappa shape index (κ1) is 11.6. The quantitative estimate of drug-likeness (QED) is 0.856. The molecular formula is C12H20N2O2. The first-order chi connectivity index (χ1) is 7.58. The Balaban J connectivity index is 2.07. The Morgan fingerprint density at radius 1 is 1.38 bits per heavy atom. The Morgan fingerprint density at radius 3 is 2.69 bits per heavy atom. The maximum atomic E-state index is 9.46. The van der Waals surface area contributed by atoms with Crippen molar-refractivity contribution >= 4 is 0 Å². The van der Waals surface area contributed by atoms with Crippen molar-refractivity contribution in [3.05, 3.63) is 11.7 Å². The lowest BCUT2D eigenvalue weighted by Crippen LogP contribution is -2.11.